The molecule has 0 saturated carbocycles. The largest absolute Gasteiger partial charge is 0.459 e. The molecule has 0 bridgehead atoms. The average Bonchev–Trinajstić information content (AvgIpc) is 2.86. The Morgan fingerprint density at radius 1 is 1.14 bits per heavy atom. The number of benzene rings is 2. The van der Waals surface area contributed by atoms with Gasteiger partial charge in [-0.25, -0.2) is 4.39 Å². The molecule has 0 spiro atoms. The lowest BCUT2D eigenvalue weighted by atomic mass is 10.0. The monoisotopic (exact) mass is 347 g/mol. The summed E-state index contributed by atoms with van der Waals surface area (Å²) >= 11 is 3.48. The van der Waals surface area contributed by atoms with Gasteiger partial charge in [0.2, 0.25) is 0 Å². The second-order valence-corrected chi connectivity index (χ2v) is 5.93. The fraction of sp³-hybridized carbons (Fsp3) is 0.176. The summed E-state index contributed by atoms with van der Waals surface area (Å²) in [4.78, 5) is 0. The molecule has 2 nitrogen and oxygen atoms in total. The highest BCUT2D eigenvalue weighted by Crippen LogP contribution is 2.32. The van der Waals surface area contributed by atoms with E-state index < -0.39 is 0 Å². The van der Waals surface area contributed by atoms with E-state index in [-0.39, 0.29) is 11.9 Å². The van der Waals surface area contributed by atoms with E-state index in [2.05, 4.69) is 27.3 Å². The van der Waals surface area contributed by atoms with Gasteiger partial charge in [-0.15, -0.1) is 0 Å². The van der Waals surface area contributed by atoms with Crippen LogP contribution in [0.2, 0.25) is 0 Å². The van der Waals surface area contributed by atoms with E-state index in [1.807, 2.05) is 32.2 Å². The van der Waals surface area contributed by atoms with Crippen molar-refractivity contribution in [3.8, 4) is 0 Å². The second kappa shape index (κ2) is 5.62. The predicted octanol–water partition coefficient (Wildman–Crippen LogP) is 4.95. The van der Waals surface area contributed by atoms with Crippen molar-refractivity contribution in [2.75, 3.05) is 7.05 Å². The number of rotatable bonds is 3. The molecule has 108 valence electrons. The van der Waals surface area contributed by atoms with Crippen molar-refractivity contribution in [1.82, 2.24) is 5.32 Å². The van der Waals surface area contributed by atoms with Crippen LogP contribution in [0.25, 0.3) is 11.0 Å². The van der Waals surface area contributed by atoms with Crippen LogP contribution in [0.3, 0.4) is 0 Å². The SMILES string of the molecule is CNC(c1cc2cc(C)ccc2o1)c1cc(F)ccc1Br. The third-order valence-electron chi connectivity index (χ3n) is 3.53. The van der Waals surface area contributed by atoms with Crippen LogP contribution in [-0.2, 0) is 0 Å². The summed E-state index contributed by atoms with van der Waals surface area (Å²) in [5, 5.41) is 4.24. The normalized spacial score (nSPS) is 12.8. The van der Waals surface area contributed by atoms with Gasteiger partial charge >= 0.3 is 0 Å². The van der Waals surface area contributed by atoms with E-state index in [0.29, 0.717) is 0 Å². The fourth-order valence-electron chi connectivity index (χ4n) is 2.51. The lowest BCUT2D eigenvalue weighted by Gasteiger charge is -2.15. The Kier molecular flexibility index (Phi) is 3.83. The van der Waals surface area contributed by atoms with Gasteiger partial charge in [0.1, 0.15) is 17.2 Å². The molecule has 1 unspecified atom stereocenters. The van der Waals surface area contributed by atoms with Crippen LogP contribution in [0.4, 0.5) is 4.39 Å². The number of hydrogen-bond acceptors (Lipinski definition) is 2. The number of nitrogens with one attached hydrogen (secondary N) is 1. The highest BCUT2D eigenvalue weighted by atomic mass is 79.9. The van der Waals surface area contributed by atoms with Crippen LogP contribution < -0.4 is 5.32 Å². The van der Waals surface area contributed by atoms with Gasteiger partial charge in [-0.1, -0.05) is 27.6 Å². The molecular weight excluding hydrogens is 333 g/mol. The smallest absolute Gasteiger partial charge is 0.134 e. The molecule has 0 saturated heterocycles. The van der Waals surface area contributed by atoms with E-state index in [9.17, 15) is 4.39 Å². The van der Waals surface area contributed by atoms with E-state index >= 15 is 0 Å². The standard InChI is InChI=1S/C17H15BrFNO/c1-10-3-6-15-11(7-10)8-16(21-15)17(20-2)13-9-12(19)4-5-14(13)18/h3-9,17,20H,1-2H3. The summed E-state index contributed by atoms with van der Waals surface area (Å²) in [5.41, 5.74) is 2.83. The van der Waals surface area contributed by atoms with E-state index in [4.69, 9.17) is 4.42 Å². The number of halogens is 2. The Hall–Kier alpha value is -1.65. The first kappa shape index (κ1) is 14.3. The molecule has 0 aliphatic carbocycles. The Morgan fingerprint density at radius 2 is 1.95 bits per heavy atom. The van der Waals surface area contributed by atoms with Gasteiger partial charge in [0.15, 0.2) is 0 Å². The Balaban J connectivity index is 2.11. The van der Waals surface area contributed by atoms with Gasteiger partial charge in [-0.3, -0.25) is 0 Å². The van der Waals surface area contributed by atoms with E-state index in [0.717, 1.165) is 26.8 Å². The van der Waals surface area contributed by atoms with Crippen LogP contribution in [0, 0.1) is 12.7 Å². The van der Waals surface area contributed by atoms with Crippen molar-refractivity contribution in [1.29, 1.82) is 0 Å². The maximum atomic E-state index is 13.5. The third kappa shape index (κ3) is 2.74. The van der Waals surface area contributed by atoms with Gasteiger partial charge in [0.25, 0.3) is 0 Å². The lowest BCUT2D eigenvalue weighted by molar-refractivity contribution is 0.489. The molecule has 3 aromatic rings. The number of aryl methyl sites for hydroxylation is 1. The maximum absolute atomic E-state index is 13.5. The van der Waals surface area contributed by atoms with Crippen molar-refractivity contribution in [2.45, 2.75) is 13.0 Å². The molecule has 1 heterocycles. The first-order valence-electron chi connectivity index (χ1n) is 6.71. The third-order valence-corrected chi connectivity index (χ3v) is 4.26. The van der Waals surface area contributed by atoms with Crippen molar-refractivity contribution < 1.29 is 8.81 Å². The summed E-state index contributed by atoms with van der Waals surface area (Å²) in [6.07, 6.45) is 0. The van der Waals surface area contributed by atoms with Crippen LogP contribution >= 0.6 is 15.9 Å². The summed E-state index contributed by atoms with van der Waals surface area (Å²) < 4.78 is 20.3. The minimum absolute atomic E-state index is 0.206. The van der Waals surface area contributed by atoms with Gasteiger partial charge in [0, 0.05) is 9.86 Å². The first-order valence-corrected chi connectivity index (χ1v) is 7.50. The van der Waals surface area contributed by atoms with Crippen molar-refractivity contribution in [3.05, 3.63) is 69.6 Å². The molecule has 21 heavy (non-hydrogen) atoms. The highest BCUT2D eigenvalue weighted by Gasteiger charge is 2.19. The maximum Gasteiger partial charge on any atom is 0.134 e. The highest BCUT2D eigenvalue weighted by molar-refractivity contribution is 9.10. The molecular formula is C17H15BrFNO. The van der Waals surface area contributed by atoms with Crippen LogP contribution in [-0.4, -0.2) is 7.05 Å². The molecule has 4 heteroatoms. The predicted molar refractivity (Wildman–Crippen MR) is 86.0 cm³/mol. The lowest BCUT2D eigenvalue weighted by Crippen LogP contribution is -2.17. The topological polar surface area (TPSA) is 25.2 Å². The molecule has 0 fully saturated rings. The Labute approximate surface area is 131 Å². The van der Waals surface area contributed by atoms with Gasteiger partial charge in [-0.2, -0.15) is 0 Å². The molecule has 0 aliphatic heterocycles. The molecule has 0 aliphatic rings. The Morgan fingerprint density at radius 3 is 2.71 bits per heavy atom. The minimum Gasteiger partial charge on any atom is -0.459 e. The average molecular weight is 348 g/mol. The summed E-state index contributed by atoms with van der Waals surface area (Å²) in [7, 11) is 1.83. The molecule has 1 atom stereocenters. The number of fused-ring (bicyclic) bond motifs is 1. The van der Waals surface area contributed by atoms with E-state index in [1.165, 1.54) is 17.7 Å². The van der Waals surface area contributed by atoms with Crippen molar-refractivity contribution >= 4 is 26.9 Å². The second-order valence-electron chi connectivity index (χ2n) is 5.08. The number of furan rings is 1. The fourth-order valence-corrected chi connectivity index (χ4v) is 2.99. The minimum atomic E-state index is -0.264. The van der Waals surface area contributed by atoms with E-state index in [1.54, 1.807) is 6.07 Å². The zero-order valence-corrected chi connectivity index (χ0v) is 13.4. The molecule has 1 aromatic heterocycles. The quantitative estimate of drug-likeness (QED) is 0.724. The molecule has 2 aromatic carbocycles. The summed E-state index contributed by atoms with van der Waals surface area (Å²) in [5.74, 6) is 0.504. The zero-order valence-electron chi connectivity index (χ0n) is 11.8. The van der Waals surface area contributed by atoms with Crippen LogP contribution in [0.1, 0.15) is 22.9 Å². The van der Waals surface area contributed by atoms with Crippen molar-refractivity contribution in [2.24, 2.45) is 0 Å². The summed E-state index contributed by atoms with van der Waals surface area (Å²) in [6.45, 7) is 2.05. The Bertz CT molecular complexity index is 797. The molecule has 1 N–H and O–H groups in total. The molecule has 0 radical (unpaired) electrons. The van der Waals surface area contributed by atoms with Gasteiger partial charge in [0.05, 0.1) is 6.04 Å². The zero-order chi connectivity index (χ0) is 15.0. The van der Waals surface area contributed by atoms with Crippen LogP contribution in [0.5, 0.6) is 0 Å². The van der Waals surface area contributed by atoms with Crippen molar-refractivity contribution in [3.63, 3.8) is 0 Å². The molecule has 3 rings (SSSR count). The van der Waals surface area contributed by atoms with Crippen LogP contribution in [0.15, 0.2) is 51.4 Å². The summed E-state index contributed by atoms with van der Waals surface area (Å²) in [6, 6.07) is 12.5. The first-order chi connectivity index (χ1) is 10.1. The molecule has 0 amide bonds. The van der Waals surface area contributed by atoms with Gasteiger partial charge < -0.3 is 9.73 Å². The number of hydrogen-bond donors (Lipinski definition) is 1. The van der Waals surface area contributed by atoms with Gasteiger partial charge in [-0.05, 0) is 55.9 Å².